The molecule has 0 aromatic heterocycles. The minimum Gasteiger partial charge on any atom is -0.481 e. The van der Waals surface area contributed by atoms with Crippen molar-refractivity contribution in [1.82, 2.24) is 5.32 Å². The summed E-state index contributed by atoms with van der Waals surface area (Å²) >= 11 is 3.71. The maximum absolute atomic E-state index is 14.5. The van der Waals surface area contributed by atoms with Gasteiger partial charge in [0.15, 0.2) is 0 Å². The summed E-state index contributed by atoms with van der Waals surface area (Å²) in [5.41, 5.74) is -0.745. The second-order valence-electron chi connectivity index (χ2n) is 20.0. The van der Waals surface area contributed by atoms with Gasteiger partial charge in [0.25, 0.3) is 0 Å². The molecule has 288 valence electrons. The highest BCUT2D eigenvalue weighted by Crippen LogP contribution is 2.77. The van der Waals surface area contributed by atoms with Crippen molar-refractivity contribution in [1.29, 1.82) is 0 Å². The van der Waals surface area contributed by atoms with Crippen LogP contribution in [0.25, 0.3) is 0 Å². The molecule has 0 aliphatic heterocycles. The zero-order chi connectivity index (χ0) is 38.1. The maximum Gasteiger partial charge on any atom is 0.326 e. The van der Waals surface area contributed by atoms with Crippen molar-refractivity contribution in [2.24, 2.45) is 68.0 Å². The molecule has 0 radical (unpaired) electrons. The molecule has 11 atom stereocenters. The van der Waals surface area contributed by atoms with E-state index in [1.807, 2.05) is 13.8 Å². The quantitative estimate of drug-likeness (QED) is 0.109. The Balaban J connectivity index is 1.44. The third-order valence-electron chi connectivity index (χ3n) is 16.3. The van der Waals surface area contributed by atoms with Crippen molar-refractivity contribution >= 4 is 39.7 Å². The number of alkyl halides is 1. The molecule has 5 aliphatic carbocycles. The molecular weight excluding hydrogens is 710 g/mol. The van der Waals surface area contributed by atoms with Crippen LogP contribution in [0.1, 0.15) is 139 Å². The Kier molecular flexibility index (Phi) is 10.9. The van der Waals surface area contributed by atoms with Crippen molar-refractivity contribution < 1.29 is 34.1 Å². The molecule has 1 unspecified atom stereocenters. The molecule has 0 saturated heterocycles. The average Bonchev–Trinajstić information content (AvgIpc) is 3.42. The minimum absolute atomic E-state index is 0.00747. The predicted octanol–water partition coefficient (Wildman–Crippen LogP) is 9.05. The number of carboxylic acid groups (broad SMARTS) is 2. The van der Waals surface area contributed by atoms with Crippen LogP contribution in [0.5, 0.6) is 0 Å². The highest BCUT2D eigenvalue weighted by Gasteiger charge is 2.72. The summed E-state index contributed by atoms with van der Waals surface area (Å²) in [5, 5.41) is 23.5. The Hall–Kier alpha value is -1.90. The molecule has 5 fully saturated rings. The first-order chi connectivity index (χ1) is 23.5. The Morgan fingerprint density at radius 3 is 2.14 bits per heavy atom. The number of rotatable bonds is 11. The van der Waals surface area contributed by atoms with E-state index in [0.29, 0.717) is 29.5 Å². The van der Waals surface area contributed by atoms with Crippen LogP contribution in [-0.4, -0.2) is 51.5 Å². The first-order valence-corrected chi connectivity index (χ1v) is 20.8. The van der Waals surface area contributed by atoms with E-state index in [1.54, 1.807) is 13.8 Å². The molecule has 5 saturated carbocycles. The number of ether oxygens (including phenoxy) is 1. The standard InChI is InChI=1S/C42H66BrNO7/c1-24(2)21-28(34(46)47)44-35(48)42-18-13-26(25(3)23-43)33(42)27-11-12-30-39(8)16-15-31(51-32(45)22-37(4,5)36(49)50)38(6,7)29(39)14-17-41(30,10)40(27,9)19-20-42/h24,26-31,33H,3,11-23H2,1-2,4-10H3,(H,44,48)(H,46,47)(H,49,50)/t26-,27+,28?,29-,30+,31-,33+,39-,40+,41+,42-/m0/s1. The lowest BCUT2D eigenvalue weighted by atomic mass is 9.32. The van der Waals surface area contributed by atoms with Crippen LogP contribution < -0.4 is 5.32 Å². The Bertz CT molecular complexity index is 1420. The minimum atomic E-state index is -1.17. The number of aliphatic carboxylic acids is 2. The van der Waals surface area contributed by atoms with Crippen LogP contribution in [0.2, 0.25) is 0 Å². The van der Waals surface area contributed by atoms with Crippen molar-refractivity contribution in [3.8, 4) is 0 Å². The smallest absolute Gasteiger partial charge is 0.326 e. The zero-order valence-corrected chi connectivity index (χ0v) is 34.4. The normalized spacial score (nSPS) is 40.5. The van der Waals surface area contributed by atoms with Crippen LogP contribution in [-0.2, 0) is 23.9 Å². The van der Waals surface area contributed by atoms with Crippen LogP contribution in [0.3, 0.4) is 0 Å². The Morgan fingerprint density at radius 1 is 0.882 bits per heavy atom. The van der Waals surface area contributed by atoms with Gasteiger partial charge < -0.3 is 20.3 Å². The van der Waals surface area contributed by atoms with E-state index >= 15 is 0 Å². The molecule has 5 rings (SSSR count). The van der Waals surface area contributed by atoms with Crippen LogP contribution in [0, 0.1) is 68.0 Å². The summed E-state index contributed by atoms with van der Waals surface area (Å²) in [6.45, 7) is 23.8. The van der Waals surface area contributed by atoms with E-state index in [4.69, 9.17) is 4.74 Å². The van der Waals surface area contributed by atoms with E-state index in [2.05, 4.69) is 62.4 Å². The number of carbonyl (C=O) groups excluding carboxylic acids is 2. The first-order valence-electron chi connectivity index (χ1n) is 19.7. The number of fused-ring (bicyclic) bond motifs is 7. The second-order valence-corrected chi connectivity index (χ2v) is 20.5. The van der Waals surface area contributed by atoms with Crippen molar-refractivity contribution in [2.75, 3.05) is 5.33 Å². The van der Waals surface area contributed by atoms with Gasteiger partial charge in [0.05, 0.1) is 17.3 Å². The molecule has 8 nitrogen and oxygen atoms in total. The lowest BCUT2D eigenvalue weighted by Gasteiger charge is -2.72. The lowest BCUT2D eigenvalue weighted by Crippen LogP contribution is -2.67. The van der Waals surface area contributed by atoms with Crippen molar-refractivity contribution in [2.45, 2.75) is 152 Å². The van der Waals surface area contributed by atoms with E-state index in [1.165, 1.54) is 0 Å². The Labute approximate surface area is 315 Å². The topological polar surface area (TPSA) is 130 Å². The third-order valence-corrected chi connectivity index (χ3v) is 17.0. The summed E-state index contributed by atoms with van der Waals surface area (Å²) < 4.78 is 6.15. The molecule has 1 amide bonds. The van der Waals surface area contributed by atoms with Crippen LogP contribution in [0.15, 0.2) is 12.2 Å². The molecule has 0 heterocycles. The molecule has 0 aromatic carbocycles. The van der Waals surface area contributed by atoms with E-state index in [0.717, 1.165) is 69.8 Å². The van der Waals surface area contributed by atoms with Gasteiger partial charge >= 0.3 is 17.9 Å². The van der Waals surface area contributed by atoms with Crippen LogP contribution in [0.4, 0.5) is 0 Å². The van der Waals surface area contributed by atoms with Crippen molar-refractivity contribution in [3.05, 3.63) is 12.2 Å². The lowest BCUT2D eigenvalue weighted by molar-refractivity contribution is -0.249. The number of esters is 1. The van der Waals surface area contributed by atoms with Crippen LogP contribution >= 0.6 is 15.9 Å². The number of hydrogen-bond acceptors (Lipinski definition) is 5. The van der Waals surface area contributed by atoms with Gasteiger partial charge in [0.2, 0.25) is 5.91 Å². The number of amides is 1. The van der Waals surface area contributed by atoms with Crippen molar-refractivity contribution in [3.63, 3.8) is 0 Å². The summed E-state index contributed by atoms with van der Waals surface area (Å²) in [7, 11) is 0. The number of carbonyl (C=O) groups is 4. The van der Waals surface area contributed by atoms with Gasteiger partial charge in [-0.15, -0.1) is 0 Å². The molecule has 51 heavy (non-hydrogen) atoms. The predicted molar refractivity (Wildman–Crippen MR) is 202 cm³/mol. The zero-order valence-electron chi connectivity index (χ0n) is 32.8. The monoisotopic (exact) mass is 775 g/mol. The van der Waals surface area contributed by atoms with Gasteiger partial charge in [-0.25, -0.2) is 4.79 Å². The number of nitrogens with one attached hydrogen (secondary N) is 1. The maximum atomic E-state index is 14.5. The van der Waals surface area contributed by atoms with Gasteiger partial charge in [-0.3, -0.25) is 14.4 Å². The van der Waals surface area contributed by atoms with E-state index < -0.39 is 34.8 Å². The second kappa shape index (κ2) is 13.7. The van der Waals surface area contributed by atoms with Gasteiger partial charge in [0, 0.05) is 10.7 Å². The molecule has 5 aliphatic rings. The first kappa shape index (κ1) is 40.3. The highest BCUT2D eigenvalue weighted by atomic mass is 79.9. The van der Waals surface area contributed by atoms with Gasteiger partial charge in [-0.1, -0.05) is 76.5 Å². The van der Waals surface area contributed by atoms with Gasteiger partial charge in [-0.05, 0) is 136 Å². The molecule has 0 bridgehead atoms. The largest absolute Gasteiger partial charge is 0.481 e. The van der Waals surface area contributed by atoms with E-state index in [-0.39, 0.29) is 57.8 Å². The fourth-order valence-corrected chi connectivity index (χ4v) is 13.8. The SMILES string of the molecule is C=C(CBr)[C@@H]1CC[C@]2(C(=O)NC(CC(C)C)C(=O)O)CC[C@]3(C)[C@H](CC[C@@H]4[C@@]5(C)CC[C@H](OC(=O)CC(C)(C)C(=O)O)C(C)(C)[C@@H]5CC[C@]43C)[C@@H]12. The van der Waals surface area contributed by atoms with Gasteiger partial charge in [0.1, 0.15) is 12.1 Å². The third kappa shape index (κ3) is 6.43. The molecule has 9 heteroatoms. The summed E-state index contributed by atoms with van der Waals surface area (Å²) in [6, 6.07) is -0.885. The highest BCUT2D eigenvalue weighted by molar-refractivity contribution is 9.09. The molecular formula is C42H66BrNO7. The van der Waals surface area contributed by atoms with E-state index in [9.17, 15) is 29.4 Å². The number of allylic oxidation sites excluding steroid dienone is 1. The van der Waals surface area contributed by atoms with Gasteiger partial charge in [-0.2, -0.15) is 0 Å². The number of halogens is 1. The molecule has 0 spiro atoms. The average molecular weight is 777 g/mol. The molecule has 3 N–H and O–H groups in total. The fraction of sp³-hybridized carbons (Fsp3) is 0.857. The summed E-state index contributed by atoms with van der Waals surface area (Å²) in [4.78, 5) is 51.7. The number of carboxylic acids is 2. The Morgan fingerprint density at radius 2 is 1.55 bits per heavy atom. The number of hydrogen-bond donors (Lipinski definition) is 3. The fourth-order valence-electron chi connectivity index (χ4n) is 13.4. The summed E-state index contributed by atoms with van der Waals surface area (Å²) in [6.07, 6.45) is 9.41. The molecule has 0 aromatic rings. The summed E-state index contributed by atoms with van der Waals surface area (Å²) in [5.74, 6) is -0.775.